The van der Waals surface area contributed by atoms with Crippen molar-refractivity contribution in [1.82, 2.24) is 0 Å². The summed E-state index contributed by atoms with van der Waals surface area (Å²) in [5.41, 5.74) is 0. The third-order valence-corrected chi connectivity index (χ3v) is 7.83. The second-order valence-electron chi connectivity index (χ2n) is 10.1. The minimum Gasteiger partial charge on any atom is -0.396 e. The first-order valence-electron chi connectivity index (χ1n) is 15.2. The van der Waals surface area contributed by atoms with Crippen molar-refractivity contribution in [2.75, 3.05) is 6.61 Å². The molecule has 0 aromatic carbocycles. The van der Waals surface area contributed by atoms with Crippen LogP contribution in [-0.4, -0.2) is 31.3 Å². The third-order valence-electron chi connectivity index (χ3n) is 6.66. The van der Waals surface area contributed by atoms with Crippen molar-refractivity contribution in [2.24, 2.45) is 0 Å². The van der Waals surface area contributed by atoms with Crippen molar-refractivity contribution in [1.29, 1.82) is 0 Å². The quantitative estimate of drug-likeness (QED) is 0.0485. The van der Waals surface area contributed by atoms with Crippen LogP contribution < -0.4 is 0 Å². The molecule has 0 radical (unpaired) electrons. The van der Waals surface area contributed by atoms with Gasteiger partial charge in [-0.15, -0.1) is 0 Å². The summed E-state index contributed by atoms with van der Waals surface area (Å²) in [5.74, 6) is 0. The van der Waals surface area contributed by atoms with Crippen LogP contribution in [0.4, 0.5) is 0 Å². The molecule has 0 rings (SSSR count). The zero-order valence-electron chi connectivity index (χ0n) is 23.6. The van der Waals surface area contributed by atoms with Crippen molar-refractivity contribution in [2.45, 2.75) is 174 Å². The van der Waals surface area contributed by atoms with E-state index in [4.69, 9.17) is 24.7 Å². The molecule has 0 aliphatic heterocycles. The predicted octanol–water partition coefficient (Wildman–Crippen LogP) is 9.57. The molecule has 0 heterocycles. The fourth-order valence-electron chi connectivity index (χ4n) is 4.49. The van der Waals surface area contributed by atoms with Gasteiger partial charge in [-0.3, -0.25) is 0 Å². The van der Waals surface area contributed by atoms with Crippen LogP contribution in [0.5, 0.6) is 0 Å². The summed E-state index contributed by atoms with van der Waals surface area (Å²) in [5, 5.41) is 8.75. The summed E-state index contributed by atoms with van der Waals surface area (Å²) in [7, 11) is -5.22. The highest BCUT2D eigenvalue weighted by Crippen LogP contribution is 2.41. The molecule has 5 N–H and O–H groups in total. The van der Waals surface area contributed by atoms with Crippen molar-refractivity contribution in [3.8, 4) is 0 Å². The number of rotatable bonds is 28. The minimum atomic E-state index is -2.61. The zero-order valence-corrected chi connectivity index (χ0v) is 25.4. The van der Waals surface area contributed by atoms with Crippen molar-refractivity contribution >= 4 is 17.2 Å². The fraction of sp³-hybridized carbons (Fsp3) is 1.00. The Morgan fingerprint density at radius 3 is 0.694 bits per heavy atom. The van der Waals surface area contributed by atoms with Crippen LogP contribution >= 0.6 is 17.2 Å². The van der Waals surface area contributed by atoms with E-state index in [1.807, 2.05) is 0 Å². The number of hydrogen-bond donors (Lipinski definition) is 5. The molecule has 0 aliphatic rings. The minimum absolute atomic E-state index is 0.374. The molecule has 0 atom stereocenters. The maximum absolute atomic E-state index is 8.75. The lowest BCUT2D eigenvalue weighted by molar-refractivity contribution is 0.282. The maximum atomic E-state index is 8.75. The van der Waals surface area contributed by atoms with Gasteiger partial charge in [-0.2, -0.15) is 0 Å². The first-order chi connectivity index (χ1) is 17.5. The van der Waals surface area contributed by atoms with Gasteiger partial charge in [0.25, 0.3) is 0 Å². The van der Waals surface area contributed by atoms with E-state index in [-0.39, 0.29) is 0 Å². The summed E-state index contributed by atoms with van der Waals surface area (Å²) < 4.78 is 3.60. The number of aliphatic hydroxyl groups excluding tert-OH is 1. The summed E-state index contributed by atoms with van der Waals surface area (Å²) in [6.45, 7) is 2.67. The molecule has 8 heteroatoms. The second-order valence-corrected chi connectivity index (χ2v) is 11.8. The summed E-state index contributed by atoms with van der Waals surface area (Å²) in [6.07, 6.45) is 37.1. The first-order valence-corrected chi connectivity index (χ1v) is 17.5. The molecule has 0 saturated carbocycles. The standard InChI is InChI=1S/C28H58O.H4O5P2/c1-2-3-4-5-6-7-8-9-10-11-12-13-14-15-16-17-18-19-20-21-22-23-24-25-26-27-28-29;1-6(2)5-7(3)4/h29H,2-28H2,1H3;1-4H. The molecule has 36 heavy (non-hydrogen) atoms. The van der Waals surface area contributed by atoms with Crippen LogP contribution in [0.15, 0.2) is 0 Å². The molecule has 0 bridgehead atoms. The van der Waals surface area contributed by atoms with Crippen LogP contribution in [0.3, 0.4) is 0 Å². The van der Waals surface area contributed by atoms with Gasteiger partial charge in [0.15, 0.2) is 0 Å². The molecule has 0 amide bonds. The van der Waals surface area contributed by atoms with Crippen LogP contribution in [0.1, 0.15) is 174 Å². The Kier molecular flexibility index (Phi) is 38.4. The average molecular weight is 557 g/mol. The van der Waals surface area contributed by atoms with E-state index in [1.165, 1.54) is 161 Å². The molecule has 0 spiro atoms. The van der Waals surface area contributed by atoms with Crippen molar-refractivity contribution in [3.05, 3.63) is 0 Å². The molecule has 0 saturated heterocycles. The molecule has 0 aromatic rings. The molecule has 220 valence electrons. The Hall–Kier alpha value is 0.620. The lowest BCUT2D eigenvalue weighted by atomic mass is 10.0. The molecule has 0 aliphatic carbocycles. The molecule has 0 aromatic heterocycles. The van der Waals surface area contributed by atoms with Crippen molar-refractivity contribution in [3.63, 3.8) is 0 Å². The van der Waals surface area contributed by atoms with Gasteiger partial charge in [-0.25, -0.2) is 4.31 Å². The average Bonchev–Trinajstić information content (AvgIpc) is 2.83. The molecular formula is C28H62O6P2. The van der Waals surface area contributed by atoms with Crippen LogP contribution in [0.2, 0.25) is 0 Å². The van der Waals surface area contributed by atoms with Crippen molar-refractivity contribution < 1.29 is 29.0 Å². The maximum Gasteiger partial charge on any atom is 0.334 e. The zero-order chi connectivity index (χ0) is 27.0. The smallest absolute Gasteiger partial charge is 0.334 e. The highest BCUT2D eigenvalue weighted by molar-refractivity contribution is 7.53. The van der Waals surface area contributed by atoms with Gasteiger partial charge in [0, 0.05) is 6.61 Å². The second kappa shape index (κ2) is 35.6. The van der Waals surface area contributed by atoms with Crippen LogP contribution in [-0.2, 0) is 4.31 Å². The van der Waals surface area contributed by atoms with E-state index < -0.39 is 17.2 Å². The highest BCUT2D eigenvalue weighted by atomic mass is 31.2. The van der Waals surface area contributed by atoms with Gasteiger partial charge in [0.05, 0.1) is 0 Å². The fourth-order valence-corrected chi connectivity index (χ4v) is 5.02. The topological polar surface area (TPSA) is 110 Å². The Bertz CT molecular complexity index is 344. The van der Waals surface area contributed by atoms with Crippen LogP contribution in [0.25, 0.3) is 0 Å². The largest absolute Gasteiger partial charge is 0.396 e. The Morgan fingerprint density at radius 1 is 0.361 bits per heavy atom. The van der Waals surface area contributed by atoms with E-state index in [9.17, 15) is 0 Å². The third kappa shape index (κ3) is 41.7. The highest BCUT2D eigenvalue weighted by Gasteiger charge is 2.05. The monoisotopic (exact) mass is 556 g/mol. The Balaban J connectivity index is 0. The summed E-state index contributed by atoms with van der Waals surface area (Å²) >= 11 is 0. The number of hydrogen-bond acceptors (Lipinski definition) is 6. The predicted molar refractivity (Wildman–Crippen MR) is 157 cm³/mol. The van der Waals surface area contributed by atoms with Gasteiger partial charge in [0.1, 0.15) is 0 Å². The van der Waals surface area contributed by atoms with Crippen LogP contribution in [0, 0.1) is 0 Å². The summed E-state index contributed by atoms with van der Waals surface area (Å²) in [6, 6.07) is 0. The van der Waals surface area contributed by atoms with E-state index in [0.717, 1.165) is 6.42 Å². The molecule has 6 nitrogen and oxygen atoms in total. The van der Waals surface area contributed by atoms with Gasteiger partial charge in [-0.05, 0) is 6.42 Å². The lowest BCUT2D eigenvalue weighted by Crippen LogP contribution is -1.85. The lowest BCUT2D eigenvalue weighted by Gasteiger charge is -2.04. The van der Waals surface area contributed by atoms with E-state index in [1.54, 1.807) is 0 Å². The van der Waals surface area contributed by atoms with Gasteiger partial charge in [0.2, 0.25) is 0 Å². The Labute approximate surface area is 226 Å². The van der Waals surface area contributed by atoms with Gasteiger partial charge < -0.3 is 24.7 Å². The van der Waals surface area contributed by atoms with Gasteiger partial charge >= 0.3 is 17.2 Å². The normalized spacial score (nSPS) is 11.3. The number of aliphatic hydroxyl groups is 1. The molecular weight excluding hydrogens is 494 g/mol. The molecule has 0 fully saturated rings. The number of unbranched alkanes of at least 4 members (excludes halogenated alkanes) is 25. The van der Waals surface area contributed by atoms with Gasteiger partial charge in [-0.1, -0.05) is 167 Å². The van der Waals surface area contributed by atoms with E-state index >= 15 is 0 Å². The Morgan fingerprint density at radius 2 is 0.556 bits per heavy atom. The first kappa shape index (κ1) is 38.8. The molecule has 0 unspecified atom stereocenters. The van der Waals surface area contributed by atoms with E-state index in [0.29, 0.717) is 6.61 Å². The summed E-state index contributed by atoms with van der Waals surface area (Å²) in [4.78, 5) is 31.3. The SMILES string of the molecule is CCCCCCCCCCCCCCCCCCCCCCCCCCCCO.OP(O)OP(O)O. The van der Waals surface area contributed by atoms with E-state index in [2.05, 4.69) is 11.2 Å².